The van der Waals surface area contributed by atoms with Crippen molar-refractivity contribution in [1.29, 1.82) is 0 Å². The van der Waals surface area contributed by atoms with E-state index in [9.17, 15) is 14.7 Å². The normalized spacial score (nSPS) is 26.0. The summed E-state index contributed by atoms with van der Waals surface area (Å²) in [5, 5.41) is 14.6. The van der Waals surface area contributed by atoms with Crippen molar-refractivity contribution in [2.45, 2.75) is 181 Å². The van der Waals surface area contributed by atoms with Crippen LogP contribution in [0.3, 0.4) is 0 Å². The topological polar surface area (TPSA) is 196 Å². The molecule has 3 saturated heterocycles. The summed E-state index contributed by atoms with van der Waals surface area (Å²) in [6.07, 6.45) is -18.0. The summed E-state index contributed by atoms with van der Waals surface area (Å²) < 4.78 is 95.8. The summed E-state index contributed by atoms with van der Waals surface area (Å²) in [7, 11) is -3.04. The highest BCUT2D eigenvalue weighted by atomic mass is 35.6. The lowest BCUT2D eigenvalue weighted by Crippen LogP contribution is -2.70. The van der Waals surface area contributed by atoms with Crippen LogP contribution >= 0.6 is 34.8 Å². The Labute approximate surface area is 590 Å². The molecular formula is C76H88Cl3NO17Si. The lowest BCUT2D eigenvalue weighted by atomic mass is 9.94. The number of hydrogen-bond acceptors (Lipinski definition) is 17. The Kier molecular flexibility index (Phi) is 27.3. The van der Waals surface area contributed by atoms with Crippen LogP contribution in [0.1, 0.15) is 71.4 Å². The number of aliphatic hydroxyl groups excluding tert-OH is 1. The fraction of sp³-hybridized carbons (Fsp3) is 0.421. The van der Waals surface area contributed by atoms with Crippen LogP contribution in [0.2, 0.25) is 18.1 Å². The number of aliphatic hydroxyl groups is 1. The second kappa shape index (κ2) is 35.9. The predicted octanol–water partition coefficient (Wildman–Crippen LogP) is 13.8. The molecule has 0 saturated carbocycles. The molecule has 10 rings (SSSR count). The molecule has 2 N–H and O–H groups in total. The molecule has 0 spiro atoms. The van der Waals surface area contributed by atoms with Crippen molar-refractivity contribution in [3.05, 3.63) is 251 Å². The Morgan fingerprint density at radius 1 is 0.459 bits per heavy atom. The van der Waals surface area contributed by atoms with E-state index in [2.05, 4.69) is 39.2 Å². The van der Waals surface area contributed by atoms with Crippen molar-refractivity contribution in [3.8, 4) is 0 Å². The Morgan fingerprint density at radius 3 is 1.33 bits per heavy atom. The SMILES string of the molecule is C[C@@H]1O[C@@H](O[C@H]2[C@H](O[C@H]3[C@H](OCc4ccccc4)[C@@H](NC(=O)OCC(Cl)(Cl)Cl)[C@@H](O)O[C@@H]3COCc3ccccc3)O[C@H](COC(=O)c3ccccc3)[C@H](OCc3ccccc3)[C@@H]2O[Si](C)(C)C(C)(C)C)[C@@H](OCc2ccccc2)[C@H](OCc2ccccc2)[C@@H]1OCc1ccccc1. The first-order chi connectivity index (χ1) is 47.2. The fourth-order valence-corrected chi connectivity index (χ4v) is 13.0. The van der Waals surface area contributed by atoms with Crippen molar-refractivity contribution in [2.75, 3.05) is 19.8 Å². The van der Waals surface area contributed by atoms with Gasteiger partial charge < -0.3 is 76.4 Å². The molecular weight excluding hydrogens is 1330 g/mol. The van der Waals surface area contributed by atoms with Gasteiger partial charge in [0.15, 0.2) is 27.2 Å². The van der Waals surface area contributed by atoms with E-state index in [0.29, 0.717) is 5.56 Å². The van der Waals surface area contributed by atoms with Gasteiger partial charge in [-0.1, -0.05) is 256 Å². The number of esters is 1. The number of carbonyl (C=O) groups is 2. The molecule has 98 heavy (non-hydrogen) atoms. The van der Waals surface area contributed by atoms with Gasteiger partial charge in [0, 0.05) is 0 Å². The average Bonchev–Trinajstić information content (AvgIpc) is 0.756. The maximum Gasteiger partial charge on any atom is 0.407 e. The summed E-state index contributed by atoms with van der Waals surface area (Å²) in [4.78, 5) is 28.2. The Morgan fingerprint density at radius 2 is 0.857 bits per heavy atom. The number of alkyl carbamates (subject to hydrolysis) is 1. The van der Waals surface area contributed by atoms with E-state index in [1.807, 2.05) is 189 Å². The average molecular weight is 1420 g/mol. The second-order valence-electron chi connectivity index (χ2n) is 26.0. The zero-order valence-corrected chi connectivity index (χ0v) is 59.1. The number of alkyl halides is 3. The maximum absolute atomic E-state index is 14.2. The minimum Gasteiger partial charge on any atom is -0.459 e. The van der Waals surface area contributed by atoms with Crippen molar-refractivity contribution >= 4 is 55.2 Å². The molecule has 3 aliphatic rings. The van der Waals surface area contributed by atoms with E-state index >= 15 is 0 Å². The number of rotatable bonds is 30. The van der Waals surface area contributed by atoms with Gasteiger partial charge >= 0.3 is 12.1 Å². The van der Waals surface area contributed by atoms with Crippen LogP contribution in [0.15, 0.2) is 212 Å². The quantitative estimate of drug-likeness (QED) is 0.0245. The number of carbonyl (C=O) groups excluding carboxylic acids is 2. The lowest BCUT2D eigenvalue weighted by Gasteiger charge is -2.53. The van der Waals surface area contributed by atoms with Crippen molar-refractivity contribution in [1.82, 2.24) is 5.32 Å². The van der Waals surface area contributed by atoms with Crippen LogP contribution < -0.4 is 5.32 Å². The summed E-state index contributed by atoms with van der Waals surface area (Å²) in [6, 6.07) is 65.1. The molecule has 0 aromatic heterocycles. The Bertz CT molecular complexity index is 3480. The van der Waals surface area contributed by atoms with Gasteiger partial charge in [0.05, 0.1) is 57.9 Å². The number of hydrogen-bond donors (Lipinski definition) is 2. The van der Waals surface area contributed by atoms with Gasteiger partial charge in [0.2, 0.25) is 3.79 Å². The number of halogens is 3. The monoisotopic (exact) mass is 1420 g/mol. The second-order valence-corrected chi connectivity index (χ2v) is 33.3. The standard InChI is InChI=1S/C76H88Cl3NO17Si/c1-51-62(85-43-53-30-16-8-17-31-53)66(88-46-56-36-22-11-23-37-56)68(89-47-57-38-24-12-25-39-57)72(92-51)96-69-67(97-98(5,6)75(2,3)4)63(86-44-54-32-18-9-19-33-54)60(49-90-70(81)58-40-26-13-27-41-58)94-73(69)95-64-59(48-84-42-52-28-14-7-15-29-52)93-71(82)61(80-74(83)91-50-76(77,78)79)65(64)87-45-55-34-20-10-21-35-55/h7-41,51,59-69,71-73,82H,42-50H2,1-6H3,(H,80,83)/t51-,59+,60+,61+,62+,63-,64+,65+,66+,67-,68-,69+,71-,72-,73-/m0/s1. The molecule has 0 bridgehead atoms. The van der Waals surface area contributed by atoms with Crippen LogP contribution in [-0.4, -0.2) is 141 Å². The zero-order valence-electron chi connectivity index (χ0n) is 55.8. The number of nitrogens with one attached hydrogen (secondary N) is 1. The molecule has 0 radical (unpaired) electrons. The van der Waals surface area contributed by atoms with Crippen LogP contribution in [-0.2, 0) is 106 Å². The third kappa shape index (κ3) is 21.4. The smallest absolute Gasteiger partial charge is 0.407 e. The molecule has 3 aliphatic heterocycles. The van der Waals surface area contributed by atoms with E-state index in [-0.39, 0.29) is 52.9 Å². The molecule has 1 amide bonds. The van der Waals surface area contributed by atoms with Gasteiger partial charge in [0.1, 0.15) is 80.3 Å². The summed E-state index contributed by atoms with van der Waals surface area (Å²) >= 11 is 18.3. The summed E-state index contributed by atoms with van der Waals surface area (Å²) in [5.41, 5.74) is 5.41. The van der Waals surface area contributed by atoms with Gasteiger partial charge in [-0.15, -0.1) is 0 Å². The first-order valence-electron chi connectivity index (χ1n) is 33.0. The minimum atomic E-state index is -3.04. The molecule has 7 aromatic rings. The molecule has 3 heterocycles. The third-order valence-electron chi connectivity index (χ3n) is 17.7. The predicted molar refractivity (Wildman–Crippen MR) is 372 cm³/mol. The Hall–Kier alpha value is -6.15. The van der Waals surface area contributed by atoms with E-state index in [4.69, 9.17) is 101 Å². The molecule has 7 aromatic carbocycles. The van der Waals surface area contributed by atoms with Crippen LogP contribution in [0.4, 0.5) is 4.79 Å². The Balaban J connectivity index is 1.13. The molecule has 3 fully saturated rings. The molecule has 22 heteroatoms. The highest BCUT2D eigenvalue weighted by Crippen LogP contribution is 2.44. The van der Waals surface area contributed by atoms with Crippen LogP contribution in [0.5, 0.6) is 0 Å². The van der Waals surface area contributed by atoms with E-state index < -0.39 is 128 Å². The van der Waals surface area contributed by atoms with Crippen LogP contribution in [0.25, 0.3) is 0 Å². The van der Waals surface area contributed by atoms with Crippen LogP contribution in [0, 0.1) is 0 Å². The van der Waals surface area contributed by atoms with Gasteiger partial charge in [0.25, 0.3) is 0 Å². The molecule has 0 aliphatic carbocycles. The highest BCUT2D eigenvalue weighted by Gasteiger charge is 2.59. The van der Waals surface area contributed by atoms with Gasteiger partial charge in [-0.3, -0.25) is 0 Å². The summed E-state index contributed by atoms with van der Waals surface area (Å²) in [5.74, 6) is -0.627. The van der Waals surface area contributed by atoms with E-state index in [1.54, 1.807) is 30.3 Å². The van der Waals surface area contributed by atoms with Crippen molar-refractivity contribution < 1.29 is 80.7 Å². The number of benzene rings is 7. The molecule has 0 unspecified atom stereocenters. The highest BCUT2D eigenvalue weighted by molar-refractivity contribution is 6.74. The first-order valence-corrected chi connectivity index (χ1v) is 37.0. The first kappa shape index (κ1) is 74.5. The van der Waals surface area contributed by atoms with Crippen molar-refractivity contribution in [2.24, 2.45) is 0 Å². The van der Waals surface area contributed by atoms with Crippen molar-refractivity contribution in [3.63, 3.8) is 0 Å². The van der Waals surface area contributed by atoms with Gasteiger partial charge in [-0.05, 0) is 70.6 Å². The minimum absolute atomic E-state index is 0.0511. The molecule has 18 nitrogen and oxygen atoms in total. The molecule has 524 valence electrons. The van der Waals surface area contributed by atoms with Gasteiger partial charge in [-0.25, -0.2) is 9.59 Å². The lowest BCUT2D eigenvalue weighted by molar-refractivity contribution is -0.390. The van der Waals surface area contributed by atoms with E-state index in [0.717, 1.165) is 33.4 Å². The maximum atomic E-state index is 14.2. The third-order valence-corrected chi connectivity index (χ3v) is 22.5. The zero-order chi connectivity index (χ0) is 69.1. The van der Waals surface area contributed by atoms with E-state index in [1.165, 1.54) is 0 Å². The fourth-order valence-electron chi connectivity index (χ4n) is 11.5. The molecule has 15 atom stereocenters. The number of amides is 1. The summed E-state index contributed by atoms with van der Waals surface area (Å²) in [6.45, 7) is 11.8. The van der Waals surface area contributed by atoms with Gasteiger partial charge in [-0.2, -0.15) is 0 Å². The number of ether oxygens (including phenoxy) is 13. The largest absolute Gasteiger partial charge is 0.459 e.